The summed E-state index contributed by atoms with van der Waals surface area (Å²) in [6.07, 6.45) is 0. The van der Waals surface area contributed by atoms with Crippen LogP contribution in [-0.2, 0) is 4.79 Å². The highest BCUT2D eigenvalue weighted by Gasteiger charge is 2.12. The summed E-state index contributed by atoms with van der Waals surface area (Å²) in [5.74, 6) is 0.219. The number of carbonyl (C=O) groups is 1. The van der Waals surface area contributed by atoms with Crippen LogP contribution in [0.3, 0.4) is 0 Å². The van der Waals surface area contributed by atoms with Crippen LogP contribution in [-0.4, -0.2) is 53.9 Å². The van der Waals surface area contributed by atoms with Crippen LogP contribution in [0.15, 0.2) is 24.3 Å². The van der Waals surface area contributed by atoms with Crippen LogP contribution in [0.1, 0.15) is 0 Å². The molecule has 0 heterocycles. The number of nitrogens with two attached hydrogens (primary N) is 1. The van der Waals surface area contributed by atoms with Crippen molar-refractivity contribution in [3.05, 3.63) is 24.3 Å². The largest absolute Gasteiger partial charge is 0.484 e. The lowest BCUT2D eigenvalue weighted by atomic mass is 10.3. The maximum atomic E-state index is 11.7. The van der Waals surface area contributed by atoms with Crippen molar-refractivity contribution in [2.45, 2.75) is 0 Å². The minimum atomic E-state index is -0.291. The Labute approximate surface area is 106 Å². The average Bonchev–Trinajstić information content (AvgIpc) is 2.36. The van der Waals surface area contributed by atoms with E-state index in [1.54, 1.807) is 24.3 Å². The van der Waals surface area contributed by atoms with Crippen molar-refractivity contribution in [3.8, 4) is 5.75 Å². The summed E-state index contributed by atoms with van der Waals surface area (Å²) < 4.78 is 5.29. The minimum Gasteiger partial charge on any atom is -0.484 e. The molecule has 1 aromatic carbocycles. The Morgan fingerprint density at radius 3 is 2.50 bits per heavy atom. The number of nitrogens with zero attached hydrogens (tertiary/aromatic N) is 1. The van der Waals surface area contributed by atoms with Crippen molar-refractivity contribution in [1.29, 1.82) is 0 Å². The Morgan fingerprint density at radius 2 is 1.94 bits per heavy atom. The molecule has 0 saturated carbocycles. The van der Waals surface area contributed by atoms with Gasteiger partial charge < -0.3 is 25.6 Å². The molecule has 1 aromatic rings. The Balaban J connectivity index is 2.48. The molecule has 1 rings (SSSR count). The van der Waals surface area contributed by atoms with Crippen molar-refractivity contribution in [3.63, 3.8) is 0 Å². The molecule has 0 atom stereocenters. The number of rotatable bonds is 7. The molecule has 0 aromatic heterocycles. The molecular formula is C12H18N2O4. The van der Waals surface area contributed by atoms with Crippen molar-refractivity contribution in [1.82, 2.24) is 4.90 Å². The number of aliphatic hydroxyl groups is 2. The third-order valence-corrected chi connectivity index (χ3v) is 2.31. The van der Waals surface area contributed by atoms with Crippen LogP contribution in [0.4, 0.5) is 5.69 Å². The van der Waals surface area contributed by atoms with Crippen LogP contribution in [0.25, 0.3) is 0 Å². The lowest BCUT2D eigenvalue weighted by molar-refractivity contribution is -0.134. The second-order valence-corrected chi connectivity index (χ2v) is 3.69. The average molecular weight is 254 g/mol. The predicted octanol–water partition coefficient (Wildman–Crippen LogP) is -0.539. The standard InChI is InChI=1S/C12H18N2O4/c13-10-2-1-3-11(8-10)18-9-12(17)14(4-6-15)5-7-16/h1-3,8,15-16H,4-7,9,13H2. The van der Waals surface area contributed by atoms with Gasteiger partial charge in [-0.15, -0.1) is 0 Å². The van der Waals surface area contributed by atoms with Gasteiger partial charge in [0.2, 0.25) is 0 Å². The topological polar surface area (TPSA) is 96.0 Å². The van der Waals surface area contributed by atoms with E-state index in [0.717, 1.165) is 0 Å². The number of benzene rings is 1. The summed E-state index contributed by atoms with van der Waals surface area (Å²) in [6.45, 7) is -0.0864. The van der Waals surface area contributed by atoms with Crippen LogP contribution in [0, 0.1) is 0 Å². The first-order valence-electron chi connectivity index (χ1n) is 5.65. The van der Waals surface area contributed by atoms with E-state index in [2.05, 4.69) is 0 Å². The van der Waals surface area contributed by atoms with Crippen LogP contribution in [0.2, 0.25) is 0 Å². The summed E-state index contributed by atoms with van der Waals surface area (Å²) >= 11 is 0. The third kappa shape index (κ3) is 4.60. The normalized spacial score (nSPS) is 10.1. The molecule has 0 aliphatic rings. The molecule has 6 nitrogen and oxygen atoms in total. The number of carbonyl (C=O) groups excluding carboxylic acids is 1. The zero-order valence-corrected chi connectivity index (χ0v) is 10.1. The molecule has 0 saturated heterocycles. The number of hydrogen-bond acceptors (Lipinski definition) is 5. The number of hydrogen-bond donors (Lipinski definition) is 3. The van der Waals surface area contributed by atoms with Gasteiger partial charge in [-0.05, 0) is 12.1 Å². The molecule has 0 bridgehead atoms. The van der Waals surface area contributed by atoms with Gasteiger partial charge in [-0.2, -0.15) is 0 Å². The molecule has 0 spiro atoms. The second-order valence-electron chi connectivity index (χ2n) is 3.69. The van der Waals surface area contributed by atoms with E-state index >= 15 is 0 Å². The number of anilines is 1. The highest BCUT2D eigenvalue weighted by atomic mass is 16.5. The summed E-state index contributed by atoms with van der Waals surface area (Å²) in [5.41, 5.74) is 6.14. The molecule has 18 heavy (non-hydrogen) atoms. The monoisotopic (exact) mass is 254 g/mol. The maximum absolute atomic E-state index is 11.7. The molecule has 0 radical (unpaired) electrons. The molecular weight excluding hydrogens is 236 g/mol. The zero-order chi connectivity index (χ0) is 13.4. The molecule has 0 aliphatic carbocycles. The lowest BCUT2D eigenvalue weighted by Gasteiger charge is -2.20. The Hall–Kier alpha value is -1.79. The molecule has 100 valence electrons. The zero-order valence-electron chi connectivity index (χ0n) is 10.1. The van der Waals surface area contributed by atoms with E-state index < -0.39 is 0 Å². The highest BCUT2D eigenvalue weighted by molar-refractivity contribution is 5.77. The quantitative estimate of drug-likeness (QED) is 0.568. The molecule has 0 fully saturated rings. The van der Waals surface area contributed by atoms with E-state index in [9.17, 15) is 4.79 Å². The number of amides is 1. The summed E-state index contributed by atoms with van der Waals surface area (Å²) in [5, 5.41) is 17.6. The van der Waals surface area contributed by atoms with Gasteiger partial charge in [0.25, 0.3) is 5.91 Å². The molecule has 1 amide bonds. The van der Waals surface area contributed by atoms with E-state index in [0.29, 0.717) is 11.4 Å². The van der Waals surface area contributed by atoms with Crippen molar-refractivity contribution in [2.24, 2.45) is 0 Å². The van der Waals surface area contributed by atoms with Crippen LogP contribution < -0.4 is 10.5 Å². The fourth-order valence-corrected chi connectivity index (χ4v) is 1.44. The first-order chi connectivity index (χ1) is 8.67. The van der Waals surface area contributed by atoms with Gasteiger partial charge in [0, 0.05) is 24.8 Å². The second kappa shape index (κ2) is 7.52. The van der Waals surface area contributed by atoms with Crippen LogP contribution >= 0.6 is 0 Å². The van der Waals surface area contributed by atoms with Gasteiger partial charge >= 0.3 is 0 Å². The van der Waals surface area contributed by atoms with Gasteiger partial charge in [-0.3, -0.25) is 4.79 Å². The number of nitrogen functional groups attached to an aromatic ring is 1. The van der Waals surface area contributed by atoms with E-state index in [-0.39, 0.29) is 38.8 Å². The molecule has 0 aliphatic heterocycles. The van der Waals surface area contributed by atoms with Gasteiger partial charge in [0.15, 0.2) is 6.61 Å². The first-order valence-corrected chi connectivity index (χ1v) is 5.65. The lowest BCUT2D eigenvalue weighted by Crippen LogP contribution is -2.38. The summed E-state index contributed by atoms with van der Waals surface area (Å²) in [7, 11) is 0. The highest BCUT2D eigenvalue weighted by Crippen LogP contribution is 2.14. The van der Waals surface area contributed by atoms with Crippen molar-refractivity contribution < 1.29 is 19.7 Å². The fourth-order valence-electron chi connectivity index (χ4n) is 1.44. The maximum Gasteiger partial charge on any atom is 0.260 e. The van der Waals surface area contributed by atoms with Gasteiger partial charge in [-0.25, -0.2) is 0 Å². The van der Waals surface area contributed by atoms with E-state index in [1.807, 2.05) is 0 Å². The van der Waals surface area contributed by atoms with Crippen molar-refractivity contribution >= 4 is 11.6 Å². The van der Waals surface area contributed by atoms with Crippen LogP contribution in [0.5, 0.6) is 5.75 Å². The molecule has 0 unspecified atom stereocenters. The van der Waals surface area contributed by atoms with E-state index in [1.165, 1.54) is 4.90 Å². The Kier molecular flexibility index (Phi) is 5.96. The molecule has 4 N–H and O–H groups in total. The van der Waals surface area contributed by atoms with E-state index in [4.69, 9.17) is 20.7 Å². The van der Waals surface area contributed by atoms with Gasteiger partial charge in [-0.1, -0.05) is 6.07 Å². The smallest absolute Gasteiger partial charge is 0.260 e. The summed E-state index contributed by atoms with van der Waals surface area (Å²) in [6, 6.07) is 6.77. The third-order valence-electron chi connectivity index (χ3n) is 2.31. The number of aliphatic hydroxyl groups excluding tert-OH is 2. The Morgan fingerprint density at radius 1 is 1.28 bits per heavy atom. The van der Waals surface area contributed by atoms with Gasteiger partial charge in [0.05, 0.1) is 13.2 Å². The predicted molar refractivity (Wildman–Crippen MR) is 67.1 cm³/mol. The fraction of sp³-hybridized carbons (Fsp3) is 0.417. The summed E-state index contributed by atoms with van der Waals surface area (Å²) in [4.78, 5) is 13.1. The van der Waals surface area contributed by atoms with Gasteiger partial charge in [0.1, 0.15) is 5.75 Å². The first kappa shape index (κ1) is 14.3. The molecule has 6 heteroatoms. The number of ether oxygens (including phenoxy) is 1. The Bertz CT molecular complexity index is 378. The van der Waals surface area contributed by atoms with Crippen molar-refractivity contribution in [2.75, 3.05) is 38.6 Å². The SMILES string of the molecule is Nc1cccc(OCC(=O)N(CCO)CCO)c1. The minimum absolute atomic E-state index is 0.149.